The van der Waals surface area contributed by atoms with Crippen LogP contribution in [0.15, 0.2) is 46.0 Å². The van der Waals surface area contributed by atoms with Crippen molar-refractivity contribution in [3.8, 4) is 11.6 Å². The zero-order valence-electron chi connectivity index (χ0n) is 12.7. The molecule has 0 saturated carbocycles. The first kappa shape index (κ1) is 15.4. The number of halogens is 2. The Kier molecular flexibility index (Phi) is 3.52. The monoisotopic (exact) mass is 347 g/mol. The van der Waals surface area contributed by atoms with Crippen LogP contribution in [0.1, 0.15) is 28.7 Å². The van der Waals surface area contributed by atoms with Crippen molar-refractivity contribution in [2.75, 3.05) is 6.54 Å². The van der Waals surface area contributed by atoms with E-state index in [2.05, 4.69) is 20.1 Å². The number of amides is 1. The van der Waals surface area contributed by atoms with E-state index in [1.54, 1.807) is 6.07 Å². The quantitative estimate of drug-likeness (QED) is 0.717. The molecule has 25 heavy (non-hydrogen) atoms. The SMILES string of the molecule is O=C(c1ccoc1)N1CC(F)(F)C[C@H]1c1nc(-c2ncccn2)no1. The summed E-state index contributed by atoms with van der Waals surface area (Å²) in [6.45, 7) is -0.735. The Morgan fingerprint density at radius 3 is 2.80 bits per heavy atom. The highest BCUT2D eigenvalue weighted by atomic mass is 19.3. The van der Waals surface area contributed by atoms with E-state index in [9.17, 15) is 13.6 Å². The Morgan fingerprint density at radius 1 is 1.28 bits per heavy atom. The number of hydrogen-bond acceptors (Lipinski definition) is 7. The number of hydrogen-bond donors (Lipinski definition) is 0. The molecule has 3 aromatic heterocycles. The molecule has 1 aliphatic rings. The predicted molar refractivity (Wildman–Crippen MR) is 77.4 cm³/mol. The number of carbonyl (C=O) groups excluding carboxylic acids is 1. The first-order valence-corrected chi connectivity index (χ1v) is 7.35. The van der Waals surface area contributed by atoms with Gasteiger partial charge in [0.05, 0.1) is 18.4 Å². The van der Waals surface area contributed by atoms with Crippen molar-refractivity contribution in [3.63, 3.8) is 0 Å². The van der Waals surface area contributed by atoms with Gasteiger partial charge in [0.1, 0.15) is 12.3 Å². The molecule has 0 N–H and O–H groups in total. The maximum Gasteiger partial charge on any atom is 0.267 e. The number of likely N-dealkylation sites (tertiary alicyclic amines) is 1. The maximum absolute atomic E-state index is 13.9. The third kappa shape index (κ3) is 2.86. The van der Waals surface area contributed by atoms with Crippen LogP contribution in [0.5, 0.6) is 0 Å². The topological polar surface area (TPSA) is 98.2 Å². The Morgan fingerprint density at radius 2 is 2.08 bits per heavy atom. The fourth-order valence-corrected chi connectivity index (χ4v) is 2.68. The maximum atomic E-state index is 13.9. The fourth-order valence-electron chi connectivity index (χ4n) is 2.68. The van der Waals surface area contributed by atoms with Crippen molar-refractivity contribution in [1.29, 1.82) is 0 Å². The van der Waals surface area contributed by atoms with Crippen LogP contribution in [-0.2, 0) is 0 Å². The molecule has 1 aliphatic heterocycles. The summed E-state index contributed by atoms with van der Waals surface area (Å²) in [7, 11) is 0. The number of aromatic nitrogens is 4. The minimum Gasteiger partial charge on any atom is -0.472 e. The van der Waals surface area contributed by atoms with Gasteiger partial charge in [0.2, 0.25) is 17.5 Å². The van der Waals surface area contributed by atoms with Gasteiger partial charge in [-0.2, -0.15) is 4.98 Å². The van der Waals surface area contributed by atoms with Crippen LogP contribution in [-0.4, -0.2) is 43.4 Å². The highest BCUT2D eigenvalue weighted by Crippen LogP contribution is 2.41. The van der Waals surface area contributed by atoms with E-state index in [0.717, 1.165) is 4.90 Å². The van der Waals surface area contributed by atoms with E-state index in [-0.39, 0.29) is 23.1 Å². The molecule has 3 aromatic rings. The van der Waals surface area contributed by atoms with Gasteiger partial charge in [0.15, 0.2) is 0 Å². The van der Waals surface area contributed by atoms with Gasteiger partial charge in [0, 0.05) is 18.8 Å². The Balaban J connectivity index is 1.65. The standard InChI is InChI=1S/C15H11F2N5O3/c16-15(17)6-10(22(8-15)14(23)9-2-5-24-7-9)13-20-12(21-25-13)11-18-3-1-4-19-11/h1-5,7,10H,6,8H2/t10-/m0/s1. The van der Waals surface area contributed by atoms with Gasteiger partial charge in [-0.15, -0.1) is 0 Å². The normalized spacial score (nSPS) is 19.3. The minimum atomic E-state index is -3.05. The largest absolute Gasteiger partial charge is 0.472 e. The molecule has 1 saturated heterocycles. The van der Waals surface area contributed by atoms with Crippen molar-refractivity contribution in [3.05, 3.63) is 48.5 Å². The van der Waals surface area contributed by atoms with Gasteiger partial charge in [-0.25, -0.2) is 18.7 Å². The third-order valence-electron chi connectivity index (χ3n) is 3.79. The molecular weight excluding hydrogens is 336 g/mol. The average molecular weight is 347 g/mol. The van der Waals surface area contributed by atoms with E-state index < -0.39 is 30.8 Å². The summed E-state index contributed by atoms with van der Waals surface area (Å²) in [5.74, 6) is -3.46. The van der Waals surface area contributed by atoms with Crippen LogP contribution in [0.2, 0.25) is 0 Å². The lowest BCUT2D eigenvalue weighted by Crippen LogP contribution is -2.32. The molecule has 0 radical (unpaired) electrons. The molecule has 1 fully saturated rings. The van der Waals surface area contributed by atoms with Crippen molar-refractivity contribution >= 4 is 5.91 Å². The fraction of sp³-hybridized carbons (Fsp3) is 0.267. The molecule has 0 unspecified atom stereocenters. The first-order valence-electron chi connectivity index (χ1n) is 7.35. The zero-order chi connectivity index (χ0) is 17.4. The Labute approximate surface area is 139 Å². The van der Waals surface area contributed by atoms with Crippen molar-refractivity contribution in [1.82, 2.24) is 25.0 Å². The minimum absolute atomic E-state index is 0.0709. The molecule has 4 rings (SSSR count). The molecule has 8 nitrogen and oxygen atoms in total. The van der Waals surface area contributed by atoms with Crippen LogP contribution in [0.25, 0.3) is 11.6 Å². The molecule has 0 aromatic carbocycles. The van der Waals surface area contributed by atoms with Crippen LogP contribution < -0.4 is 0 Å². The van der Waals surface area contributed by atoms with Crippen LogP contribution in [0.3, 0.4) is 0 Å². The van der Waals surface area contributed by atoms with Crippen molar-refractivity contribution in [2.24, 2.45) is 0 Å². The molecule has 10 heteroatoms. The zero-order valence-corrected chi connectivity index (χ0v) is 12.7. The second-order valence-electron chi connectivity index (χ2n) is 5.55. The molecule has 0 bridgehead atoms. The average Bonchev–Trinajstić information content (AvgIpc) is 3.34. The van der Waals surface area contributed by atoms with Crippen molar-refractivity contribution < 1.29 is 22.5 Å². The summed E-state index contributed by atoms with van der Waals surface area (Å²) >= 11 is 0. The summed E-state index contributed by atoms with van der Waals surface area (Å²) in [5.41, 5.74) is 0.175. The summed E-state index contributed by atoms with van der Waals surface area (Å²) in [4.78, 5) is 25.5. The first-order chi connectivity index (χ1) is 12.0. The number of nitrogens with zero attached hydrogens (tertiary/aromatic N) is 5. The number of alkyl halides is 2. The lowest BCUT2D eigenvalue weighted by Gasteiger charge is -2.20. The number of rotatable bonds is 3. The summed E-state index contributed by atoms with van der Waals surface area (Å²) in [6.07, 6.45) is 4.89. The van der Waals surface area contributed by atoms with E-state index in [0.29, 0.717) is 0 Å². The smallest absolute Gasteiger partial charge is 0.267 e. The highest BCUT2D eigenvalue weighted by Gasteiger charge is 2.50. The Bertz CT molecular complexity index is 882. The van der Waals surface area contributed by atoms with Crippen molar-refractivity contribution in [2.45, 2.75) is 18.4 Å². The van der Waals surface area contributed by atoms with Gasteiger partial charge in [-0.05, 0) is 12.1 Å². The van der Waals surface area contributed by atoms with Gasteiger partial charge in [0.25, 0.3) is 11.8 Å². The van der Waals surface area contributed by atoms with Gasteiger partial charge in [-0.3, -0.25) is 4.79 Å². The van der Waals surface area contributed by atoms with Crippen LogP contribution in [0, 0.1) is 0 Å². The van der Waals surface area contributed by atoms with Gasteiger partial charge < -0.3 is 13.8 Å². The predicted octanol–water partition coefficient (Wildman–Crippen LogP) is 2.34. The molecule has 0 spiro atoms. The third-order valence-corrected chi connectivity index (χ3v) is 3.79. The van der Waals surface area contributed by atoms with E-state index in [1.165, 1.54) is 31.0 Å². The van der Waals surface area contributed by atoms with Crippen LogP contribution >= 0.6 is 0 Å². The lowest BCUT2D eigenvalue weighted by molar-refractivity contribution is 0.0117. The molecule has 1 amide bonds. The molecule has 0 aliphatic carbocycles. The Hall–Kier alpha value is -3.17. The molecular formula is C15H11F2N5O3. The highest BCUT2D eigenvalue weighted by molar-refractivity contribution is 5.94. The second-order valence-corrected chi connectivity index (χ2v) is 5.55. The van der Waals surface area contributed by atoms with Gasteiger partial charge in [-0.1, -0.05) is 5.16 Å². The van der Waals surface area contributed by atoms with Gasteiger partial charge >= 0.3 is 0 Å². The van der Waals surface area contributed by atoms with Crippen LogP contribution in [0.4, 0.5) is 8.78 Å². The summed E-state index contributed by atoms with van der Waals surface area (Å²) in [5, 5.41) is 3.72. The number of carbonyl (C=O) groups is 1. The summed E-state index contributed by atoms with van der Waals surface area (Å²) < 4.78 is 37.8. The molecule has 1 atom stereocenters. The lowest BCUT2D eigenvalue weighted by atomic mass is 10.2. The van der Waals surface area contributed by atoms with E-state index in [4.69, 9.17) is 8.94 Å². The number of furan rings is 1. The van der Waals surface area contributed by atoms with E-state index >= 15 is 0 Å². The molecule has 4 heterocycles. The summed E-state index contributed by atoms with van der Waals surface area (Å²) in [6, 6.07) is 1.99. The van der Waals surface area contributed by atoms with E-state index in [1.807, 2.05) is 0 Å². The second kappa shape index (κ2) is 5.72. The molecule has 128 valence electrons.